The van der Waals surface area contributed by atoms with Crippen molar-refractivity contribution in [3.8, 4) is 11.1 Å². The normalized spacial score (nSPS) is 20.9. The number of halogens is 1. The second-order valence-electron chi connectivity index (χ2n) is 9.58. The quantitative estimate of drug-likeness (QED) is 0.617. The maximum Gasteiger partial charge on any atom is 0.272 e. The average Bonchev–Trinajstić information content (AvgIpc) is 3.11. The molecule has 5 heteroatoms. The lowest BCUT2D eigenvalue weighted by Gasteiger charge is -2.22. The van der Waals surface area contributed by atoms with E-state index < -0.39 is 0 Å². The van der Waals surface area contributed by atoms with Crippen LogP contribution in [0.25, 0.3) is 22.2 Å². The molecule has 29 heavy (non-hydrogen) atoms. The molecule has 0 N–H and O–H groups in total. The molecule has 2 unspecified atom stereocenters. The van der Waals surface area contributed by atoms with E-state index >= 15 is 0 Å². The van der Waals surface area contributed by atoms with Crippen LogP contribution in [0, 0.1) is 24.6 Å². The monoisotopic (exact) mass is 391 g/mol. The Morgan fingerprint density at radius 2 is 1.86 bits per heavy atom. The lowest BCUT2D eigenvalue weighted by Crippen LogP contribution is -2.31. The van der Waals surface area contributed by atoms with Gasteiger partial charge in [-0.1, -0.05) is 12.1 Å². The van der Waals surface area contributed by atoms with Crippen LogP contribution in [0.2, 0.25) is 0 Å². The van der Waals surface area contributed by atoms with Crippen LogP contribution >= 0.6 is 0 Å². The minimum Gasteiger partial charge on any atom is -0.337 e. The van der Waals surface area contributed by atoms with Gasteiger partial charge in [0.05, 0.1) is 0 Å². The summed E-state index contributed by atoms with van der Waals surface area (Å²) in [5.74, 6) is 1.20. The lowest BCUT2D eigenvalue weighted by molar-refractivity contribution is 0.0770. The Morgan fingerprint density at radius 3 is 2.52 bits per heavy atom. The first-order chi connectivity index (χ1) is 13.7. The molecule has 1 saturated heterocycles. The Kier molecular flexibility index (Phi) is 3.89. The second kappa shape index (κ2) is 6.15. The van der Waals surface area contributed by atoms with E-state index in [4.69, 9.17) is 4.98 Å². The van der Waals surface area contributed by atoms with E-state index in [2.05, 4.69) is 25.3 Å². The van der Waals surface area contributed by atoms with Crippen molar-refractivity contribution in [2.75, 3.05) is 13.1 Å². The Bertz CT molecular complexity index is 1130. The number of amides is 1. The van der Waals surface area contributed by atoms with E-state index in [-0.39, 0.29) is 17.3 Å². The van der Waals surface area contributed by atoms with Gasteiger partial charge in [-0.05, 0) is 75.3 Å². The molecule has 0 spiro atoms. The molecule has 3 aromatic rings. The molecule has 1 amide bonds. The zero-order chi connectivity index (χ0) is 20.5. The summed E-state index contributed by atoms with van der Waals surface area (Å²) in [5.41, 5.74) is 3.42. The van der Waals surface area contributed by atoms with Crippen LogP contribution in [0.5, 0.6) is 0 Å². The van der Waals surface area contributed by atoms with Gasteiger partial charge < -0.3 is 9.47 Å². The molecule has 2 fully saturated rings. The van der Waals surface area contributed by atoms with E-state index in [9.17, 15) is 9.18 Å². The molecule has 0 bridgehead atoms. The van der Waals surface area contributed by atoms with Crippen molar-refractivity contribution in [1.29, 1.82) is 0 Å². The summed E-state index contributed by atoms with van der Waals surface area (Å²) in [6.45, 7) is 9.80. The van der Waals surface area contributed by atoms with Gasteiger partial charge in [0.1, 0.15) is 17.2 Å². The van der Waals surface area contributed by atoms with Crippen LogP contribution in [0.3, 0.4) is 0 Å². The van der Waals surface area contributed by atoms with Crippen molar-refractivity contribution >= 4 is 16.9 Å². The number of hydrogen-bond donors (Lipinski definition) is 0. The van der Waals surface area contributed by atoms with Crippen molar-refractivity contribution in [2.45, 2.75) is 39.7 Å². The Balaban J connectivity index is 1.62. The van der Waals surface area contributed by atoms with Gasteiger partial charge in [0.25, 0.3) is 5.91 Å². The van der Waals surface area contributed by atoms with Crippen molar-refractivity contribution in [3.05, 3.63) is 53.6 Å². The van der Waals surface area contributed by atoms with Crippen molar-refractivity contribution in [3.63, 3.8) is 0 Å². The van der Waals surface area contributed by atoms with Crippen molar-refractivity contribution in [1.82, 2.24) is 14.5 Å². The zero-order valence-corrected chi connectivity index (χ0v) is 17.4. The van der Waals surface area contributed by atoms with Crippen LogP contribution in [-0.2, 0) is 5.54 Å². The van der Waals surface area contributed by atoms with Gasteiger partial charge in [0, 0.05) is 35.8 Å². The minimum absolute atomic E-state index is 0.0173. The van der Waals surface area contributed by atoms with Crippen LogP contribution in [-0.4, -0.2) is 33.4 Å². The standard InChI is InChI=1S/C24H26FN3O/c1-14-5-6-15(10-20(14)25)19-13-28(24(2,3)4)22-18(19)7-8-21(26-22)23(29)27-11-16-9-17(16)12-27/h5-8,10,13,16-17H,9,11-12H2,1-4H3. The van der Waals surface area contributed by atoms with Crippen LogP contribution in [0.15, 0.2) is 36.5 Å². The predicted octanol–water partition coefficient (Wildman–Crippen LogP) is 5.00. The fourth-order valence-corrected chi connectivity index (χ4v) is 4.45. The number of rotatable bonds is 2. The van der Waals surface area contributed by atoms with E-state index in [0.717, 1.165) is 35.2 Å². The summed E-state index contributed by atoms with van der Waals surface area (Å²) >= 11 is 0. The molecule has 2 aliphatic rings. The van der Waals surface area contributed by atoms with Gasteiger partial charge in [-0.15, -0.1) is 0 Å². The van der Waals surface area contributed by atoms with E-state index in [1.807, 2.05) is 29.3 Å². The summed E-state index contributed by atoms with van der Waals surface area (Å²) in [6, 6.07) is 9.09. The third-order valence-corrected chi connectivity index (χ3v) is 6.34. The Hall–Kier alpha value is -2.69. The van der Waals surface area contributed by atoms with Gasteiger partial charge in [-0.2, -0.15) is 0 Å². The molecule has 3 heterocycles. The Morgan fingerprint density at radius 1 is 1.14 bits per heavy atom. The zero-order valence-electron chi connectivity index (χ0n) is 17.4. The summed E-state index contributed by atoms with van der Waals surface area (Å²) in [4.78, 5) is 19.7. The molecule has 0 radical (unpaired) electrons. The van der Waals surface area contributed by atoms with Crippen LogP contribution < -0.4 is 0 Å². The molecular weight excluding hydrogens is 365 g/mol. The highest BCUT2D eigenvalue weighted by atomic mass is 19.1. The fraction of sp³-hybridized carbons (Fsp3) is 0.417. The third-order valence-electron chi connectivity index (χ3n) is 6.34. The van der Waals surface area contributed by atoms with Gasteiger partial charge in [0.15, 0.2) is 0 Å². The highest BCUT2D eigenvalue weighted by molar-refractivity contribution is 5.99. The molecule has 2 aromatic heterocycles. The number of aromatic nitrogens is 2. The van der Waals surface area contributed by atoms with Gasteiger partial charge in [0.2, 0.25) is 0 Å². The highest BCUT2D eigenvalue weighted by Gasteiger charge is 2.46. The first-order valence-corrected chi connectivity index (χ1v) is 10.3. The number of piperidine rings is 1. The molecular formula is C24H26FN3O. The fourth-order valence-electron chi connectivity index (χ4n) is 4.45. The number of likely N-dealkylation sites (tertiary alicyclic amines) is 1. The van der Waals surface area contributed by atoms with E-state index in [1.54, 1.807) is 19.1 Å². The lowest BCUT2D eigenvalue weighted by atomic mass is 10.0. The Labute approximate surface area is 170 Å². The molecule has 2 atom stereocenters. The van der Waals surface area contributed by atoms with Gasteiger partial charge in [-0.3, -0.25) is 4.79 Å². The van der Waals surface area contributed by atoms with Crippen molar-refractivity contribution < 1.29 is 9.18 Å². The SMILES string of the molecule is Cc1ccc(-c2cn(C(C)(C)C)c3nc(C(=O)N4CC5CC5C4)ccc23)cc1F. The minimum atomic E-state index is -0.219. The largest absolute Gasteiger partial charge is 0.337 e. The molecule has 5 rings (SSSR count). The molecule has 1 saturated carbocycles. The maximum absolute atomic E-state index is 14.2. The number of carbonyl (C=O) groups excluding carboxylic acids is 1. The first kappa shape index (κ1) is 18.3. The topological polar surface area (TPSA) is 38.1 Å². The van der Waals surface area contributed by atoms with Gasteiger partial charge >= 0.3 is 0 Å². The summed E-state index contributed by atoms with van der Waals surface area (Å²) in [5, 5.41) is 0.934. The molecule has 150 valence electrons. The third kappa shape index (κ3) is 3.04. The van der Waals surface area contributed by atoms with Crippen LogP contribution in [0.4, 0.5) is 4.39 Å². The number of benzene rings is 1. The highest BCUT2D eigenvalue weighted by Crippen LogP contribution is 2.45. The number of fused-ring (bicyclic) bond motifs is 2. The predicted molar refractivity (Wildman–Crippen MR) is 112 cm³/mol. The van der Waals surface area contributed by atoms with E-state index in [1.165, 1.54) is 6.42 Å². The van der Waals surface area contributed by atoms with Gasteiger partial charge in [-0.25, -0.2) is 9.37 Å². The number of nitrogens with zero attached hydrogens (tertiary/aromatic N) is 3. The smallest absolute Gasteiger partial charge is 0.272 e. The summed E-state index contributed by atoms with van der Waals surface area (Å²) in [7, 11) is 0. The molecule has 1 aliphatic carbocycles. The summed E-state index contributed by atoms with van der Waals surface area (Å²) < 4.78 is 16.3. The number of carbonyl (C=O) groups is 1. The molecule has 1 aliphatic heterocycles. The number of hydrogen-bond acceptors (Lipinski definition) is 2. The average molecular weight is 391 g/mol. The summed E-state index contributed by atoms with van der Waals surface area (Å²) in [6.07, 6.45) is 3.29. The first-order valence-electron chi connectivity index (χ1n) is 10.3. The molecule has 1 aromatic carbocycles. The second-order valence-corrected chi connectivity index (χ2v) is 9.58. The van der Waals surface area contributed by atoms with Crippen molar-refractivity contribution in [2.24, 2.45) is 11.8 Å². The van der Waals surface area contributed by atoms with Crippen LogP contribution in [0.1, 0.15) is 43.2 Å². The van der Waals surface area contributed by atoms with E-state index in [0.29, 0.717) is 23.1 Å². The number of aryl methyl sites for hydroxylation is 1. The maximum atomic E-state index is 14.2. The molecule has 4 nitrogen and oxygen atoms in total. The number of pyridine rings is 1.